The summed E-state index contributed by atoms with van der Waals surface area (Å²) in [5.74, 6) is 0.473. The highest BCUT2D eigenvalue weighted by atomic mass is 16.5. The van der Waals surface area contributed by atoms with E-state index in [9.17, 15) is 9.59 Å². The van der Waals surface area contributed by atoms with E-state index in [2.05, 4.69) is 4.98 Å². The summed E-state index contributed by atoms with van der Waals surface area (Å²) >= 11 is 0. The van der Waals surface area contributed by atoms with E-state index in [1.807, 2.05) is 63.2 Å². The molecular weight excluding hydrogens is 366 g/mol. The predicted molar refractivity (Wildman–Crippen MR) is 111 cm³/mol. The SMILES string of the molecule is Cc1cc(C)c(C(=O)C(C)OC(=O)CCc2ncc(-c3ccccc3)o2)cc1C. The zero-order valence-electron chi connectivity index (χ0n) is 17.2. The molecule has 29 heavy (non-hydrogen) atoms. The molecule has 0 bridgehead atoms. The molecule has 3 aromatic rings. The fraction of sp³-hybridized carbons (Fsp3) is 0.292. The molecular formula is C24H25NO4. The van der Waals surface area contributed by atoms with Crippen LogP contribution in [0.25, 0.3) is 11.3 Å². The average Bonchev–Trinajstić information content (AvgIpc) is 3.18. The van der Waals surface area contributed by atoms with Crippen molar-refractivity contribution in [2.24, 2.45) is 0 Å². The van der Waals surface area contributed by atoms with Crippen molar-refractivity contribution in [3.8, 4) is 11.3 Å². The van der Waals surface area contributed by atoms with Crippen LogP contribution in [-0.4, -0.2) is 22.8 Å². The van der Waals surface area contributed by atoms with Crippen LogP contribution in [0.2, 0.25) is 0 Å². The Morgan fingerprint density at radius 1 is 1.03 bits per heavy atom. The lowest BCUT2D eigenvalue weighted by atomic mass is 9.96. The van der Waals surface area contributed by atoms with Crippen molar-refractivity contribution in [1.29, 1.82) is 0 Å². The second kappa shape index (κ2) is 8.86. The molecule has 0 amide bonds. The minimum absolute atomic E-state index is 0.0955. The molecule has 3 rings (SSSR count). The fourth-order valence-electron chi connectivity index (χ4n) is 3.13. The van der Waals surface area contributed by atoms with Gasteiger partial charge < -0.3 is 9.15 Å². The number of hydrogen-bond acceptors (Lipinski definition) is 5. The predicted octanol–water partition coefficient (Wildman–Crippen LogP) is 5.01. The van der Waals surface area contributed by atoms with E-state index in [1.54, 1.807) is 13.1 Å². The molecule has 5 nitrogen and oxygen atoms in total. The third-order valence-electron chi connectivity index (χ3n) is 4.94. The number of hydrogen-bond donors (Lipinski definition) is 0. The number of benzene rings is 2. The molecule has 0 spiro atoms. The Kier molecular flexibility index (Phi) is 6.27. The maximum atomic E-state index is 12.7. The van der Waals surface area contributed by atoms with Gasteiger partial charge in [0.15, 0.2) is 17.8 Å². The number of carbonyl (C=O) groups is 2. The Morgan fingerprint density at radius 2 is 1.72 bits per heavy atom. The van der Waals surface area contributed by atoms with Crippen molar-refractivity contribution in [3.05, 3.63) is 76.8 Å². The van der Waals surface area contributed by atoms with Gasteiger partial charge in [0, 0.05) is 17.5 Å². The summed E-state index contributed by atoms with van der Waals surface area (Å²) in [6.45, 7) is 7.46. The smallest absolute Gasteiger partial charge is 0.307 e. The minimum Gasteiger partial charge on any atom is -0.454 e. The molecule has 1 heterocycles. The summed E-state index contributed by atoms with van der Waals surface area (Å²) in [4.78, 5) is 29.1. The van der Waals surface area contributed by atoms with Crippen LogP contribution in [0.3, 0.4) is 0 Å². The number of oxazole rings is 1. The lowest BCUT2D eigenvalue weighted by Crippen LogP contribution is -2.25. The molecule has 1 aromatic heterocycles. The molecule has 0 radical (unpaired) electrons. The standard InChI is InChI=1S/C24H25NO4/c1-15-12-17(3)20(13-16(15)2)24(27)18(4)28-23(26)11-10-22-25-14-21(29-22)19-8-6-5-7-9-19/h5-9,12-14,18H,10-11H2,1-4H3. The van der Waals surface area contributed by atoms with Gasteiger partial charge in [-0.1, -0.05) is 36.4 Å². The summed E-state index contributed by atoms with van der Waals surface area (Å²) < 4.78 is 11.0. The van der Waals surface area contributed by atoms with Gasteiger partial charge in [0.2, 0.25) is 5.78 Å². The second-order valence-electron chi connectivity index (χ2n) is 7.23. The van der Waals surface area contributed by atoms with Gasteiger partial charge in [-0.25, -0.2) is 4.98 Å². The highest BCUT2D eigenvalue weighted by Crippen LogP contribution is 2.21. The van der Waals surface area contributed by atoms with E-state index >= 15 is 0 Å². The molecule has 0 fully saturated rings. The lowest BCUT2D eigenvalue weighted by molar-refractivity contribution is -0.146. The summed E-state index contributed by atoms with van der Waals surface area (Å²) in [7, 11) is 0. The number of aryl methyl sites for hydroxylation is 4. The van der Waals surface area contributed by atoms with Crippen LogP contribution in [0, 0.1) is 20.8 Å². The topological polar surface area (TPSA) is 69.4 Å². The third kappa shape index (κ3) is 4.99. The van der Waals surface area contributed by atoms with Crippen molar-refractivity contribution in [3.63, 3.8) is 0 Å². The fourth-order valence-corrected chi connectivity index (χ4v) is 3.13. The van der Waals surface area contributed by atoms with Crippen LogP contribution in [0.5, 0.6) is 0 Å². The highest BCUT2D eigenvalue weighted by Gasteiger charge is 2.22. The van der Waals surface area contributed by atoms with Gasteiger partial charge in [0.25, 0.3) is 0 Å². The molecule has 5 heteroatoms. The number of ketones is 1. The Labute approximate surface area is 170 Å². The first kappa shape index (κ1) is 20.5. The summed E-state index contributed by atoms with van der Waals surface area (Å²) in [6, 6.07) is 13.5. The second-order valence-corrected chi connectivity index (χ2v) is 7.23. The van der Waals surface area contributed by atoms with Crippen LogP contribution in [0.1, 0.15) is 46.3 Å². The Bertz CT molecular complexity index is 1020. The van der Waals surface area contributed by atoms with Gasteiger partial charge in [0.1, 0.15) is 0 Å². The first-order valence-corrected chi connectivity index (χ1v) is 9.67. The van der Waals surface area contributed by atoms with Crippen LogP contribution < -0.4 is 0 Å². The maximum absolute atomic E-state index is 12.7. The minimum atomic E-state index is -0.840. The Morgan fingerprint density at radius 3 is 2.45 bits per heavy atom. The molecule has 150 valence electrons. The van der Waals surface area contributed by atoms with Crippen molar-refractivity contribution in [1.82, 2.24) is 4.98 Å². The van der Waals surface area contributed by atoms with Gasteiger partial charge in [-0.15, -0.1) is 0 Å². The number of Topliss-reactive ketones (excluding diaryl/α,β-unsaturated/α-hetero) is 1. The molecule has 1 atom stereocenters. The number of rotatable bonds is 7. The lowest BCUT2D eigenvalue weighted by Gasteiger charge is -2.15. The molecule has 0 saturated carbocycles. The third-order valence-corrected chi connectivity index (χ3v) is 4.94. The highest BCUT2D eigenvalue weighted by molar-refractivity contribution is 6.01. The molecule has 0 aliphatic heterocycles. The van der Waals surface area contributed by atoms with E-state index in [4.69, 9.17) is 9.15 Å². The number of ether oxygens (including phenoxy) is 1. The zero-order valence-corrected chi connectivity index (χ0v) is 17.2. The zero-order chi connectivity index (χ0) is 21.0. The van der Waals surface area contributed by atoms with Crippen LogP contribution in [-0.2, 0) is 16.0 Å². The quantitative estimate of drug-likeness (QED) is 0.418. The molecule has 2 aromatic carbocycles. The number of aromatic nitrogens is 1. The van der Waals surface area contributed by atoms with Crippen molar-refractivity contribution >= 4 is 11.8 Å². The van der Waals surface area contributed by atoms with E-state index in [0.717, 1.165) is 22.3 Å². The Balaban J connectivity index is 1.56. The molecule has 0 aliphatic carbocycles. The van der Waals surface area contributed by atoms with Gasteiger partial charge in [0.05, 0.1) is 12.6 Å². The van der Waals surface area contributed by atoms with Gasteiger partial charge >= 0.3 is 5.97 Å². The normalized spacial score (nSPS) is 11.9. The maximum Gasteiger partial charge on any atom is 0.307 e. The van der Waals surface area contributed by atoms with Crippen molar-refractivity contribution in [2.45, 2.75) is 46.6 Å². The summed E-state index contributed by atoms with van der Waals surface area (Å²) in [5, 5.41) is 0. The van der Waals surface area contributed by atoms with Gasteiger partial charge in [-0.2, -0.15) is 0 Å². The molecule has 1 unspecified atom stereocenters. The van der Waals surface area contributed by atoms with Gasteiger partial charge in [-0.3, -0.25) is 9.59 Å². The van der Waals surface area contributed by atoms with E-state index in [-0.39, 0.29) is 12.2 Å². The summed E-state index contributed by atoms with van der Waals surface area (Å²) in [5.41, 5.74) is 4.57. The molecule has 0 N–H and O–H groups in total. The number of carbonyl (C=O) groups excluding carboxylic acids is 2. The number of nitrogens with zero attached hydrogens (tertiary/aromatic N) is 1. The van der Waals surface area contributed by atoms with Gasteiger partial charge in [-0.05, 0) is 50.5 Å². The van der Waals surface area contributed by atoms with Crippen LogP contribution in [0.15, 0.2) is 53.1 Å². The number of esters is 1. The first-order valence-electron chi connectivity index (χ1n) is 9.67. The Hall–Kier alpha value is -3.21. The largest absolute Gasteiger partial charge is 0.454 e. The van der Waals surface area contributed by atoms with E-state index in [1.165, 1.54) is 0 Å². The molecule has 0 saturated heterocycles. The van der Waals surface area contributed by atoms with Crippen molar-refractivity contribution in [2.75, 3.05) is 0 Å². The average molecular weight is 391 g/mol. The van der Waals surface area contributed by atoms with Crippen molar-refractivity contribution < 1.29 is 18.7 Å². The molecule has 0 aliphatic rings. The monoisotopic (exact) mass is 391 g/mol. The van der Waals surface area contributed by atoms with Crippen LogP contribution >= 0.6 is 0 Å². The van der Waals surface area contributed by atoms with Crippen LogP contribution in [0.4, 0.5) is 0 Å². The first-order chi connectivity index (χ1) is 13.8. The van der Waals surface area contributed by atoms with E-state index < -0.39 is 12.1 Å². The summed E-state index contributed by atoms with van der Waals surface area (Å²) in [6.07, 6.45) is 1.21. The van der Waals surface area contributed by atoms with E-state index in [0.29, 0.717) is 23.6 Å².